The van der Waals surface area contributed by atoms with Crippen LogP contribution in [0.15, 0.2) is 0 Å². The van der Waals surface area contributed by atoms with Gasteiger partial charge in [0.15, 0.2) is 0 Å². The molecular formula is C27H44N2O4. The summed E-state index contributed by atoms with van der Waals surface area (Å²) >= 11 is 0. The second-order valence-corrected chi connectivity index (χ2v) is 12.2. The summed E-state index contributed by atoms with van der Waals surface area (Å²) in [5.41, 5.74) is -2.46. The lowest BCUT2D eigenvalue weighted by molar-refractivity contribution is -0.156. The molecule has 2 aliphatic heterocycles. The number of hydrogen-bond donors (Lipinski definition) is 0. The Labute approximate surface area is 199 Å². The Morgan fingerprint density at radius 1 is 0.606 bits per heavy atom. The third kappa shape index (κ3) is 4.64. The standard InChI is InChI=1S/C27H44N2O4/c1-7-8-19-29-22(32)25(3)12-10-9-11-24(2)13-15-26(4,21(31)28(6)20(24)30)16-18-27(5,17-14-25)23(29)33/h7-19H2,1-6H3. The Bertz CT molecular complexity index is 825. The highest BCUT2D eigenvalue weighted by Gasteiger charge is 2.52. The molecule has 186 valence electrons. The van der Waals surface area contributed by atoms with E-state index in [1.807, 2.05) is 27.7 Å². The third-order valence-electron chi connectivity index (χ3n) is 9.29. The summed E-state index contributed by atoms with van der Waals surface area (Å²) in [6.07, 6.45) is 8.66. The Morgan fingerprint density at radius 2 is 0.939 bits per heavy atom. The van der Waals surface area contributed by atoms with Crippen molar-refractivity contribution in [3.63, 3.8) is 0 Å². The first kappa shape index (κ1) is 25.9. The van der Waals surface area contributed by atoms with E-state index in [0.717, 1.165) is 38.5 Å². The molecule has 4 bridgehead atoms. The Kier molecular flexibility index (Phi) is 7.18. The lowest BCUT2D eigenvalue weighted by Gasteiger charge is -2.35. The van der Waals surface area contributed by atoms with Crippen molar-refractivity contribution in [1.29, 1.82) is 0 Å². The van der Waals surface area contributed by atoms with Gasteiger partial charge < -0.3 is 0 Å². The van der Waals surface area contributed by atoms with Gasteiger partial charge in [0.05, 0.1) is 0 Å². The average molecular weight is 461 g/mol. The number of imide groups is 2. The number of carbonyl (C=O) groups excluding carboxylic acids is 4. The van der Waals surface area contributed by atoms with Gasteiger partial charge in [0.2, 0.25) is 23.6 Å². The highest BCUT2D eigenvalue weighted by Crippen LogP contribution is 2.49. The molecule has 0 radical (unpaired) electrons. The van der Waals surface area contributed by atoms with Crippen LogP contribution in [-0.4, -0.2) is 47.0 Å². The van der Waals surface area contributed by atoms with Crippen LogP contribution in [0.2, 0.25) is 0 Å². The minimum absolute atomic E-state index is 0.0240. The van der Waals surface area contributed by atoms with E-state index in [0.29, 0.717) is 45.1 Å². The number of unbranched alkanes of at least 4 members (excludes halogenated alkanes) is 1. The zero-order valence-electron chi connectivity index (χ0n) is 21.7. The molecule has 1 saturated carbocycles. The van der Waals surface area contributed by atoms with Crippen molar-refractivity contribution < 1.29 is 19.2 Å². The monoisotopic (exact) mass is 460 g/mol. The van der Waals surface area contributed by atoms with Crippen molar-refractivity contribution in [1.82, 2.24) is 9.80 Å². The van der Waals surface area contributed by atoms with Gasteiger partial charge >= 0.3 is 0 Å². The second kappa shape index (κ2) is 9.14. The molecule has 3 fully saturated rings. The zero-order valence-corrected chi connectivity index (χ0v) is 21.7. The number of hydrogen-bond acceptors (Lipinski definition) is 4. The maximum absolute atomic E-state index is 13.8. The zero-order chi connectivity index (χ0) is 24.7. The van der Waals surface area contributed by atoms with Crippen LogP contribution < -0.4 is 0 Å². The predicted octanol–water partition coefficient (Wildman–Crippen LogP) is 5.09. The summed E-state index contributed by atoms with van der Waals surface area (Å²) in [4.78, 5) is 57.1. The van der Waals surface area contributed by atoms with Gasteiger partial charge in [-0.1, -0.05) is 53.9 Å². The van der Waals surface area contributed by atoms with Gasteiger partial charge in [-0.05, 0) is 57.8 Å². The van der Waals surface area contributed by atoms with Crippen LogP contribution in [0.3, 0.4) is 0 Å². The molecule has 0 aromatic heterocycles. The summed E-state index contributed by atoms with van der Waals surface area (Å²) in [6, 6.07) is 0. The quantitative estimate of drug-likeness (QED) is 0.550. The van der Waals surface area contributed by atoms with E-state index >= 15 is 0 Å². The summed E-state index contributed by atoms with van der Waals surface area (Å²) < 4.78 is 0. The van der Waals surface area contributed by atoms with Crippen molar-refractivity contribution in [2.75, 3.05) is 13.6 Å². The molecule has 0 aromatic rings. The maximum atomic E-state index is 13.8. The van der Waals surface area contributed by atoms with Crippen LogP contribution >= 0.6 is 0 Å². The van der Waals surface area contributed by atoms with Gasteiger partial charge in [0, 0.05) is 35.3 Å². The van der Waals surface area contributed by atoms with Crippen LogP contribution in [-0.2, 0) is 19.2 Å². The van der Waals surface area contributed by atoms with Crippen molar-refractivity contribution in [2.24, 2.45) is 21.7 Å². The third-order valence-corrected chi connectivity index (χ3v) is 9.29. The van der Waals surface area contributed by atoms with Crippen molar-refractivity contribution in [3.05, 3.63) is 0 Å². The molecule has 33 heavy (non-hydrogen) atoms. The van der Waals surface area contributed by atoms with E-state index in [4.69, 9.17) is 0 Å². The molecule has 4 amide bonds. The number of likely N-dealkylation sites (tertiary alicyclic amines) is 2. The van der Waals surface area contributed by atoms with Crippen LogP contribution in [0.4, 0.5) is 0 Å². The normalized spacial score (nSPS) is 39.0. The highest BCUT2D eigenvalue weighted by molar-refractivity contribution is 6.02. The molecular weight excluding hydrogens is 416 g/mol. The van der Waals surface area contributed by atoms with Gasteiger partial charge in [0.25, 0.3) is 0 Å². The number of amides is 4. The van der Waals surface area contributed by atoms with E-state index in [2.05, 4.69) is 6.92 Å². The highest BCUT2D eigenvalue weighted by atomic mass is 16.2. The van der Waals surface area contributed by atoms with Gasteiger partial charge in [-0.15, -0.1) is 0 Å². The van der Waals surface area contributed by atoms with E-state index in [1.165, 1.54) is 4.90 Å². The molecule has 6 heteroatoms. The summed E-state index contributed by atoms with van der Waals surface area (Å²) in [5.74, 6) is -0.302. The summed E-state index contributed by atoms with van der Waals surface area (Å²) in [5, 5.41) is 0. The van der Waals surface area contributed by atoms with E-state index in [-0.39, 0.29) is 23.6 Å². The fourth-order valence-electron chi connectivity index (χ4n) is 6.21. The fourth-order valence-corrected chi connectivity index (χ4v) is 6.21. The maximum Gasteiger partial charge on any atom is 0.235 e. The van der Waals surface area contributed by atoms with Crippen molar-refractivity contribution in [3.8, 4) is 0 Å². The predicted molar refractivity (Wildman–Crippen MR) is 128 cm³/mol. The first-order valence-corrected chi connectivity index (χ1v) is 13.0. The SMILES string of the molecule is CCCCN1C(=O)C2(C)CCCCC3(C)CCC(C)(CCC(C)(CC2)C1=O)C(=O)N(C)C3=O. The number of rotatable bonds is 3. The second-order valence-electron chi connectivity index (χ2n) is 12.2. The Morgan fingerprint density at radius 3 is 1.33 bits per heavy atom. The summed E-state index contributed by atoms with van der Waals surface area (Å²) in [6.45, 7) is 10.5. The van der Waals surface area contributed by atoms with Crippen LogP contribution in [0.5, 0.6) is 0 Å². The molecule has 4 unspecified atom stereocenters. The molecule has 0 aromatic carbocycles. The first-order valence-electron chi connectivity index (χ1n) is 13.0. The van der Waals surface area contributed by atoms with E-state index in [9.17, 15) is 19.2 Å². The van der Waals surface area contributed by atoms with Crippen LogP contribution in [0.1, 0.15) is 112 Å². The fraction of sp³-hybridized carbons (Fsp3) is 0.852. The van der Waals surface area contributed by atoms with E-state index < -0.39 is 21.7 Å². The van der Waals surface area contributed by atoms with Gasteiger partial charge in [-0.25, -0.2) is 0 Å². The molecule has 0 N–H and O–H groups in total. The smallest absolute Gasteiger partial charge is 0.235 e. The molecule has 1 aliphatic carbocycles. The van der Waals surface area contributed by atoms with Gasteiger partial charge in [-0.2, -0.15) is 0 Å². The number of fused-ring (bicyclic) bond motifs is 6. The molecule has 2 saturated heterocycles. The Balaban J connectivity index is 2.03. The molecule has 0 spiro atoms. The molecule has 6 nitrogen and oxygen atoms in total. The number of nitrogens with zero attached hydrogens (tertiary/aromatic N) is 2. The van der Waals surface area contributed by atoms with Crippen molar-refractivity contribution >= 4 is 23.6 Å². The van der Waals surface area contributed by atoms with E-state index in [1.54, 1.807) is 11.9 Å². The van der Waals surface area contributed by atoms with Crippen LogP contribution in [0.25, 0.3) is 0 Å². The lowest BCUT2D eigenvalue weighted by atomic mass is 9.68. The van der Waals surface area contributed by atoms with Gasteiger partial charge in [-0.3, -0.25) is 29.0 Å². The van der Waals surface area contributed by atoms with Gasteiger partial charge in [0.1, 0.15) is 0 Å². The first-order chi connectivity index (χ1) is 15.3. The average Bonchev–Trinajstić information content (AvgIpc) is 2.90. The molecule has 4 atom stereocenters. The largest absolute Gasteiger partial charge is 0.285 e. The molecule has 2 heterocycles. The minimum Gasteiger partial charge on any atom is -0.285 e. The van der Waals surface area contributed by atoms with Crippen molar-refractivity contribution in [2.45, 2.75) is 112 Å². The minimum atomic E-state index is -0.677. The summed E-state index contributed by atoms with van der Waals surface area (Å²) in [7, 11) is 1.63. The topological polar surface area (TPSA) is 74.8 Å². The van der Waals surface area contributed by atoms with Crippen LogP contribution in [0, 0.1) is 21.7 Å². The lowest BCUT2D eigenvalue weighted by Crippen LogP contribution is -2.49. The number of carbonyl (C=O) groups is 4. The molecule has 3 aliphatic rings. The molecule has 3 rings (SSSR count). The Hall–Kier alpha value is -1.72.